The van der Waals surface area contributed by atoms with Crippen LogP contribution in [0.2, 0.25) is 0 Å². The smallest absolute Gasteiger partial charge is 0.119 e. The van der Waals surface area contributed by atoms with E-state index < -0.39 is 13.6 Å². The van der Waals surface area contributed by atoms with Crippen LogP contribution in [0.4, 0.5) is 0 Å². The van der Waals surface area contributed by atoms with Crippen molar-refractivity contribution in [2.75, 3.05) is 26.4 Å². The van der Waals surface area contributed by atoms with Crippen LogP contribution >= 0.6 is 8.15 Å². The Morgan fingerprint density at radius 2 is 1.02 bits per heavy atom. The molecule has 0 spiro atoms. The molecule has 5 heteroatoms. The van der Waals surface area contributed by atoms with Crippen LogP contribution in [0.3, 0.4) is 0 Å². The Kier molecular flexibility index (Phi) is 11.8. The summed E-state index contributed by atoms with van der Waals surface area (Å²) in [6, 6.07) is 44.7. The lowest BCUT2D eigenvalue weighted by molar-refractivity contribution is 0.201. The van der Waals surface area contributed by atoms with Gasteiger partial charge >= 0.3 is 0 Å². The maximum absolute atomic E-state index is 9.22. The van der Waals surface area contributed by atoms with E-state index in [9.17, 15) is 5.11 Å². The van der Waals surface area contributed by atoms with Crippen molar-refractivity contribution in [2.45, 2.75) is 52.1 Å². The van der Waals surface area contributed by atoms with E-state index in [1.165, 1.54) is 33.1 Å². The monoisotopic (exact) mass is 660 g/mol. The standard InChI is InChI=1S/C39H39O4P.C4H10/c1-38(2,3)44(33-11-5-4-6-12-33)43-28-27-42-32-23-19-30(20-24-32)39(29-17-21-31(22-18-29)41-26-25-40)36-15-9-7-13-34(36)35-14-8-10-16-37(35)39;1-4(2)3/h4-24,40H,25-28H2,1-3H3;4H,1-3H3. The number of benzene rings is 5. The molecule has 48 heavy (non-hydrogen) atoms. The number of hydrogen-bond donors (Lipinski definition) is 1. The average Bonchev–Trinajstić information content (AvgIpc) is 3.38. The number of rotatable bonds is 11. The summed E-state index contributed by atoms with van der Waals surface area (Å²) in [6.45, 7) is 14.5. The number of aliphatic hydroxyl groups is 1. The predicted molar refractivity (Wildman–Crippen MR) is 201 cm³/mol. The third-order valence-electron chi connectivity index (χ3n) is 8.06. The Morgan fingerprint density at radius 1 is 0.583 bits per heavy atom. The molecule has 0 fully saturated rings. The normalized spacial score (nSPS) is 13.6. The third-order valence-corrected chi connectivity index (χ3v) is 10.5. The molecule has 0 amide bonds. The second-order valence-electron chi connectivity index (χ2n) is 13.7. The molecule has 250 valence electrons. The summed E-state index contributed by atoms with van der Waals surface area (Å²) in [4.78, 5) is 0. The molecular formula is C43H49O4P. The van der Waals surface area contributed by atoms with E-state index in [0.717, 1.165) is 23.0 Å². The van der Waals surface area contributed by atoms with Gasteiger partial charge in [-0.05, 0) is 63.6 Å². The Labute approximate surface area is 288 Å². The molecule has 4 nitrogen and oxygen atoms in total. The molecule has 0 radical (unpaired) electrons. The van der Waals surface area contributed by atoms with Crippen molar-refractivity contribution in [3.05, 3.63) is 150 Å². The fraction of sp³-hybridized carbons (Fsp3) is 0.302. The minimum atomic E-state index is -0.778. The number of ether oxygens (including phenoxy) is 2. The molecule has 0 aromatic heterocycles. The molecule has 1 aliphatic rings. The zero-order valence-electron chi connectivity index (χ0n) is 29.1. The van der Waals surface area contributed by atoms with E-state index in [4.69, 9.17) is 14.0 Å². The maximum Gasteiger partial charge on any atom is 0.119 e. The third kappa shape index (κ3) is 7.84. The van der Waals surface area contributed by atoms with Crippen LogP contribution < -0.4 is 14.8 Å². The quantitative estimate of drug-likeness (QED) is 0.111. The first-order chi connectivity index (χ1) is 23.2. The highest BCUT2D eigenvalue weighted by atomic mass is 31.1. The van der Waals surface area contributed by atoms with E-state index in [2.05, 4.69) is 151 Å². The van der Waals surface area contributed by atoms with Crippen molar-refractivity contribution in [1.82, 2.24) is 0 Å². The van der Waals surface area contributed by atoms with Crippen LogP contribution in [0, 0.1) is 5.92 Å². The van der Waals surface area contributed by atoms with Crippen LogP contribution in [-0.4, -0.2) is 36.7 Å². The van der Waals surface area contributed by atoms with Crippen molar-refractivity contribution in [3.8, 4) is 22.6 Å². The molecule has 5 aromatic carbocycles. The van der Waals surface area contributed by atoms with Gasteiger partial charge < -0.3 is 19.1 Å². The van der Waals surface area contributed by atoms with Gasteiger partial charge in [-0.3, -0.25) is 0 Å². The Morgan fingerprint density at radius 3 is 1.48 bits per heavy atom. The molecule has 0 aliphatic heterocycles. The summed E-state index contributed by atoms with van der Waals surface area (Å²) in [5.74, 6) is 2.39. The minimum absolute atomic E-state index is 0.0158. The first-order valence-electron chi connectivity index (χ1n) is 16.9. The molecule has 0 saturated heterocycles. The maximum atomic E-state index is 9.22. The lowest BCUT2D eigenvalue weighted by atomic mass is 9.68. The second-order valence-corrected chi connectivity index (χ2v) is 16.4. The number of fused-ring (bicyclic) bond motifs is 3. The number of aliphatic hydroxyl groups excluding tert-OH is 1. The zero-order chi connectivity index (χ0) is 34.1. The molecule has 0 bridgehead atoms. The lowest BCUT2D eigenvalue weighted by Crippen LogP contribution is -2.28. The highest BCUT2D eigenvalue weighted by Gasteiger charge is 2.45. The average molecular weight is 661 g/mol. The van der Waals surface area contributed by atoms with Gasteiger partial charge in [-0.1, -0.05) is 145 Å². The summed E-state index contributed by atoms with van der Waals surface area (Å²) in [5, 5.41) is 10.5. The SMILES string of the molecule is CC(C)(C)P(OCCOc1ccc(C2(c3ccc(OCCO)cc3)c3ccccc3-c3ccccc32)cc1)c1ccccc1.CC(C)C. The molecule has 1 unspecified atom stereocenters. The Bertz CT molecular complexity index is 1680. The molecule has 6 rings (SSSR count). The van der Waals surface area contributed by atoms with Crippen molar-refractivity contribution >= 4 is 13.5 Å². The van der Waals surface area contributed by atoms with Gasteiger partial charge in [-0.25, -0.2) is 0 Å². The highest BCUT2D eigenvalue weighted by Crippen LogP contribution is 2.56. The van der Waals surface area contributed by atoms with Gasteiger partial charge in [0.05, 0.1) is 26.8 Å². The number of hydrogen-bond acceptors (Lipinski definition) is 4. The van der Waals surface area contributed by atoms with Crippen LogP contribution in [0.25, 0.3) is 11.1 Å². The zero-order valence-corrected chi connectivity index (χ0v) is 30.0. The highest BCUT2D eigenvalue weighted by molar-refractivity contribution is 7.62. The van der Waals surface area contributed by atoms with Crippen LogP contribution in [0.5, 0.6) is 11.5 Å². The molecular weight excluding hydrogens is 611 g/mol. The van der Waals surface area contributed by atoms with E-state index in [1.54, 1.807) is 0 Å². The van der Waals surface area contributed by atoms with Crippen molar-refractivity contribution in [2.24, 2.45) is 5.92 Å². The van der Waals surface area contributed by atoms with Crippen LogP contribution in [0.1, 0.15) is 63.8 Å². The molecule has 5 aromatic rings. The second kappa shape index (κ2) is 16.0. The summed E-state index contributed by atoms with van der Waals surface area (Å²) >= 11 is 0. The van der Waals surface area contributed by atoms with E-state index in [0.29, 0.717) is 13.2 Å². The van der Waals surface area contributed by atoms with Crippen LogP contribution in [0.15, 0.2) is 127 Å². The Hall–Kier alpha value is -3.95. The van der Waals surface area contributed by atoms with Crippen molar-refractivity contribution in [1.29, 1.82) is 0 Å². The largest absolute Gasteiger partial charge is 0.491 e. The fourth-order valence-electron chi connectivity index (χ4n) is 6.30. The van der Waals surface area contributed by atoms with E-state index in [1.807, 2.05) is 18.2 Å². The Balaban J connectivity index is 0.00000107. The van der Waals surface area contributed by atoms with Gasteiger partial charge in [-0.15, -0.1) is 0 Å². The lowest BCUT2D eigenvalue weighted by Gasteiger charge is -2.34. The summed E-state index contributed by atoms with van der Waals surface area (Å²) in [7, 11) is -0.778. The summed E-state index contributed by atoms with van der Waals surface area (Å²) < 4.78 is 18.3. The molecule has 1 N–H and O–H groups in total. The van der Waals surface area contributed by atoms with Gasteiger partial charge in [0.15, 0.2) is 0 Å². The minimum Gasteiger partial charge on any atom is -0.491 e. The van der Waals surface area contributed by atoms with Gasteiger partial charge in [0.25, 0.3) is 0 Å². The van der Waals surface area contributed by atoms with E-state index >= 15 is 0 Å². The first kappa shape index (κ1) is 35.4. The summed E-state index contributed by atoms with van der Waals surface area (Å²) in [5.41, 5.74) is 6.83. The molecule has 0 saturated carbocycles. The van der Waals surface area contributed by atoms with Gasteiger partial charge in [0.2, 0.25) is 0 Å². The van der Waals surface area contributed by atoms with Gasteiger partial charge in [-0.2, -0.15) is 0 Å². The van der Waals surface area contributed by atoms with Crippen molar-refractivity contribution in [3.63, 3.8) is 0 Å². The van der Waals surface area contributed by atoms with Crippen LogP contribution in [-0.2, 0) is 9.94 Å². The molecule has 1 aliphatic carbocycles. The fourth-order valence-corrected chi connectivity index (χ4v) is 8.31. The van der Waals surface area contributed by atoms with E-state index in [-0.39, 0.29) is 18.4 Å². The molecule has 1 atom stereocenters. The van der Waals surface area contributed by atoms with Gasteiger partial charge in [0.1, 0.15) is 24.7 Å². The topological polar surface area (TPSA) is 47.9 Å². The molecule has 0 heterocycles. The predicted octanol–water partition coefficient (Wildman–Crippen LogP) is 10.00. The van der Waals surface area contributed by atoms with Gasteiger partial charge in [0, 0.05) is 10.5 Å². The first-order valence-corrected chi connectivity index (χ1v) is 18.2. The summed E-state index contributed by atoms with van der Waals surface area (Å²) in [6.07, 6.45) is 0. The van der Waals surface area contributed by atoms with Crippen molar-refractivity contribution < 1.29 is 19.1 Å².